The highest BCUT2D eigenvalue weighted by atomic mass is 16.2. The molecule has 0 saturated carbocycles. The minimum absolute atomic E-state index is 0.104. The zero-order valence-electron chi connectivity index (χ0n) is 13.0. The number of rotatable bonds is 10. The van der Waals surface area contributed by atoms with Crippen molar-refractivity contribution in [3.63, 3.8) is 0 Å². The van der Waals surface area contributed by atoms with Gasteiger partial charge in [0.15, 0.2) is 0 Å². The lowest BCUT2D eigenvalue weighted by molar-refractivity contribution is -0.121. The molecule has 0 spiro atoms. The van der Waals surface area contributed by atoms with E-state index in [0.717, 1.165) is 25.7 Å². The van der Waals surface area contributed by atoms with E-state index in [1.54, 1.807) is 0 Å². The van der Waals surface area contributed by atoms with Gasteiger partial charge in [-0.15, -0.1) is 0 Å². The fourth-order valence-electron chi connectivity index (χ4n) is 1.59. The number of amides is 2. The number of carbonyl (C=O) groups is 2. The lowest BCUT2D eigenvalue weighted by atomic mass is 9.93. The normalized spacial score (nSPS) is 11.2. The molecule has 112 valence electrons. The SMILES string of the molecule is CCCCC(=O)NCC(C)(C)CNC(=O)CCCC. The standard InChI is InChI=1S/C15H30N2O2/c1-5-7-9-13(18)16-11-15(3,4)12-17-14(19)10-8-6-2/h5-12H2,1-4H3,(H,16,18)(H,17,19). The first kappa shape index (κ1) is 17.9. The van der Waals surface area contributed by atoms with Crippen molar-refractivity contribution in [2.24, 2.45) is 5.41 Å². The van der Waals surface area contributed by atoms with Crippen LogP contribution in [0.25, 0.3) is 0 Å². The van der Waals surface area contributed by atoms with Crippen LogP contribution in [0.2, 0.25) is 0 Å². The fourth-order valence-corrected chi connectivity index (χ4v) is 1.59. The third-order valence-electron chi connectivity index (χ3n) is 3.04. The van der Waals surface area contributed by atoms with Crippen LogP contribution in [0.3, 0.4) is 0 Å². The Kier molecular flexibility index (Phi) is 9.27. The molecule has 0 aromatic rings. The predicted molar refractivity (Wildman–Crippen MR) is 78.9 cm³/mol. The number of hydrogen-bond donors (Lipinski definition) is 2. The molecule has 0 aliphatic carbocycles. The molecule has 0 aliphatic heterocycles. The Hall–Kier alpha value is -1.06. The third kappa shape index (κ3) is 10.5. The van der Waals surface area contributed by atoms with Crippen molar-refractivity contribution in [2.45, 2.75) is 66.2 Å². The molecule has 0 aromatic heterocycles. The number of nitrogens with one attached hydrogen (secondary N) is 2. The third-order valence-corrected chi connectivity index (χ3v) is 3.04. The van der Waals surface area contributed by atoms with Gasteiger partial charge in [-0.05, 0) is 18.3 Å². The van der Waals surface area contributed by atoms with E-state index >= 15 is 0 Å². The van der Waals surface area contributed by atoms with Crippen LogP contribution in [0, 0.1) is 5.41 Å². The molecule has 0 heterocycles. The second kappa shape index (κ2) is 9.82. The van der Waals surface area contributed by atoms with Crippen LogP contribution in [-0.2, 0) is 9.59 Å². The molecule has 0 bridgehead atoms. The minimum Gasteiger partial charge on any atom is -0.356 e. The van der Waals surface area contributed by atoms with Gasteiger partial charge >= 0.3 is 0 Å². The topological polar surface area (TPSA) is 58.2 Å². The molecule has 2 amide bonds. The van der Waals surface area contributed by atoms with Crippen LogP contribution >= 0.6 is 0 Å². The molecule has 0 unspecified atom stereocenters. The van der Waals surface area contributed by atoms with Gasteiger partial charge in [-0.3, -0.25) is 9.59 Å². The van der Waals surface area contributed by atoms with Gasteiger partial charge < -0.3 is 10.6 Å². The molecular weight excluding hydrogens is 240 g/mol. The van der Waals surface area contributed by atoms with Crippen LogP contribution in [0.1, 0.15) is 66.2 Å². The Labute approximate surface area is 117 Å². The number of hydrogen-bond acceptors (Lipinski definition) is 2. The summed E-state index contributed by atoms with van der Waals surface area (Å²) in [7, 11) is 0. The Morgan fingerprint density at radius 3 is 1.53 bits per heavy atom. The molecule has 0 fully saturated rings. The summed E-state index contributed by atoms with van der Waals surface area (Å²) in [5.74, 6) is 0.208. The van der Waals surface area contributed by atoms with E-state index < -0.39 is 0 Å². The Morgan fingerprint density at radius 1 is 0.842 bits per heavy atom. The first-order chi connectivity index (χ1) is 8.91. The van der Waals surface area contributed by atoms with Gasteiger partial charge in [0.05, 0.1) is 0 Å². The number of carbonyl (C=O) groups excluding carboxylic acids is 2. The van der Waals surface area contributed by atoms with Crippen molar-refractivity contribution in [2.75, 3.05) is 13.1 Å². The summed E-state index contributed by atoms with van der Waals surface area (Å²) in [5, 5.41) is 5.87. The summed E-state index contributed by atoms with van der Waals surface area (Å²) in [4.78, 5) is 23.1. The quantitative estimate of drug-likeness (QED) is 0.641. The van der Waals surface area contributed by atoms with Gasteiger partial charge in [-0.25, -0.2) is 0 Å². The lowest BCUT2D eigenvalue weighted by Crippen LogP contribution is -2.41. The second-order valence-electron chi connectivity index (χ2n) is 5.92. The molecule has 2 N–H and O–H groups in total. The zero-order valence-corrected chi connectivity index (χ0v) is 13.0. The fraction of sp³-hybridized carbons (Fsp3) is 0.867. The van der Waals surface area contributed by atoms with E-state index in [0.29, 0.717) is 25.9 Å². The molecule has 0 rings (SSSR count). The largest absolute Gasteiger partial charge is 0.356 e. The molecule has 0 radical (unpaired) electrons. The van der Waals surface area contributed by atoms with Gasteiger partial charge in [0.1, 0.15) is 0 Å². The predicted octanol–water partition coefficient (Wildman–Crippen LogP) is 2.63. The van der Waals surface area contributed by atoms with Crippen LogP contribution in [0.4, 0.5) is 0 Å². The molecule has 4 nitrogen and oxygen atoms in total. The highest BCUT2D eigenvalue weighted by Gasteiger charge is 2.19. The summed E-state index contributed by atoms with van der Waals surface area (Å²) in [6.45, 7) is 9.44. The second-order valence-corrected chi connectivity index (χ2v) is 5.92. The Bertz CT molecular complexity index is 249. The molecule has 0 atom stereocenters. The van der Waals surface area contributed by atoms with Crippen LogP contribution < -0.4 is 10.6 Å². The lowest BCUT2D eigenvalue weighted by Gasteiger charge is -2.25. The van der Waals surface area contributed by atoms with Crippen molar-refractivity contribution in [3.05, 3.63) is 0 Å². The average Bonchev–Trinajstić information content (AvgIpc) is 2.38. The maximum absolute atomic E-state index is 11.5. The summed E-state index contributed by atoms with van der Waals surface area (Å²) in [6, 6.07) is 0. The molecular formula is C15H30N2O2. The Morgan fingerprint density at radius 2 is 1.21 bits per heavy atom. The van der Waals surface area contributed by atoms with Gasteiger partial charge in [0.25, 0.3) is 0 Å². The first-order valence-electron chi connectivity index (χ1n) is 7.44. The van der Waals surface area contributed by atoms with Crippen molar-refractivity contribution in [3.8, 4) is 0 Å². The highest BCUT2D eigenvalue weighted by molar-refractivity contribution is 5.76. The van der Waals surface area contributed by atoms with E-state index in [-0.39, 0.29) is 17.2 Å². The van der Waals surface area contributed by atoms with E-state index in [9.17, 15) is 9.59 Å². The molecule has 19 heavy (non-hydrogen) atoms. The average molecular weight is 270 g/mol. The van der Waals surface area contributed by atoms with Crippen molar-refractivity contribution < 1.29 is 9.59 Å². The minimum atomic E-state index is -0.107. The monoisotopic (exact) mass is 270 g/mol. The molecule has 4 heteroatoms. The maximum atomic E-state index is 11.5. The van der Waals surface area contributed by atoms with Crippen molar-refractivity contribution in [1.82, 2.24) is 10.6 Å². The van der Waals surface area contributed by atoms with Crippen molar-refractivity contribution in [1.29, 1.82) is 0 Å². The van der Waals surface area contributed by atoms with Crippen LogP contribution in [-0.4, -0.2) is 24.9 Å². The van der Waals surface area contributed by atoms with Gasteiger partial charge in [0.2, 0.25) is 11.8 Å². The molecule has 0 aromatic carbocycles. The van der Waals surface area contributed by atoms with Gasteiger partial charge in [-0.2, -0.15) is 0 Å². The summed E-state index contributed by atoms with van der Waals surface area (Å²) in [5.41, 5.74) is -0.107. The van der Waals surface area contributed by atoms with Crippen LogP contribution in [0.5, 0.6) is 0 Å². The summed E-state index contributed by atoms with van der Waals surface area (Å²) < 4.78 is 0. The molecule has 0 saturated heterocycles. The number of unbranched alkanes of at least 4 members (excludes halogenated alkanes) is 2. The van der Waals surface area contributed by atoms with E-state index in [1.165, 1.54) is 0 Å². The zero-order chi connectivity index (χ0) is 14.7. The molecule has 0 aliphatic rings. The highest BCUT2D eigenvalue weighted by Crippen LogP contribution is 2.12. The Balaban J connectivity index is 3.84. The summed E-state index contributed by atoms with van der Waals surface area (Å²) in [6.07, 6.45) is 5.11. The van der Waals surface area contributed by atoms with Crippen LogP contribution in [0.15, 0.2) is 0 Å². The smallest absolute Gasteiger partial charge is 0.220 e. The van der Waals surface area contributed by atoms with Crippen molar-refractivity contribution >= 4 is 11.8 Å². The maximum Gasteiger partial charge on any atom is 0.220 e. The van der Waals surface area contributed by atoms with Gasteiger partial charge in [0, 0.05) is 25.9 Å². The van der Waals surface area contributed by atoms with E-state index in [4.69, 9.17) is 0 Å². The first-order valence-corrected chi connectivity index (χ1v) is 7.44. The van der Waals surface area contributed by atoms with E-state index in [1.807, 2.05) is 13.8 Å². The summed E-state index contributed by atoms with van der Waals surface area (Å²) >= 11 is 0. The van der Waals surface area contributed by atoms with Gasteiger partial charge in [-0.1, -0.05) is 40.5 Å². The van der Waals surface area contributed by atoms with E-state index in [2.05, 4.69) is 24.5 Å².